The van der Waals surface area contributed by atoms with Gasteiger partial charge < -0.3 is 10.1 Å². The van der Waals surface area contributed by atoms with Crippen LogP contribution in [0.15, 0.2) is 30.9 Å². The minimum atomic E-state index is -0.441. The molecule has 4 rings (SSSR count). The van der Waals surface area contributed by atoms with Crippen molar-refractivity contribution in [2.45, 2.75) is 26.9 Å². The summed E-state index contributed by atoms with van der Waals surface area (Å²) in [7, 11) is 0. The Morgan fingerprint density at radius 3 is 2.88 bits per heavy atom. The fourth-order valence-electron chi connectivity index (χ4n) is 3.00. The highest BCUT2D eigenvalue weighted by atomic mass is 19.1. The number of pyridine rings is 1. The van der Waals surface area contributed by atoms with E-state index in [2.05, 4.69) is 33.8 Å². The zero-order valence-corrected chi connectivity index (χ0v) is 14.0. The van der Waals surface area contributed by atoms with Gasteiger partial charge in [0.2, 0.25) is 0 Å². The molecule has 0 aliphatic carbocycles. The molecule has 4 aromatic rings. The lowest BCUT2D eigenvalue weighted by Crippen LogP contribution is -2.00. The molecule has 2 N–H and O–H groups in total. The van der Waals surface area contributed by atoms with Gasteiger partial charge in [0.05, 0.1) is 18.5 Å². The predicted octanol–water partition coefficient (Wildman–Crippen LogP) is 3.10. The predicted molar refractivity (Wildman–Crippen MR) is 92.5 cm³/mol. The first-order valence-corrected chi connectivity index (χ1v) is 8.16. The van der Waals surface area contributed by atoms with Gasteiger partial charge in [-0.3, -0.25) is 4.40 Å². The lowest BCUT2D eigenvalue weighted by Gasteiger charge is -2.06. The van der Waals surface area contributed by atoms with Crippen molar-refractivity contribution < 1.29 is 9.50 Å². The van der Waals surface area contributed by atoms with E-state index in [-0.39, 0.29) is 12.3 Å². The van der Waals surface area contributed by atoms with E-state index in [1.807, 2.05) is 0 Å². The second-order valence-electron chi connectivity index (χ2n) is 6.53. The number of aliphatic hydroxyl groups excluding tert-OH is 1. The Balaban J connectivity index is 1.85. The summed E-state index contributed by atoms with van der Waals surface area (Å²) in [6, 6.07) is 1.44. The molecular formula is C18H18FN5O. The number of H-pyrrole nitrogens is 1. The van der Waals surface area contributed by atoms with Crippen molar-refractivity contribution in [1.29, 1.82) is 0 Å². The van der Waals surface area contributed by atoms with Crippen LogP contribution < -0.4 is 0 Å². The van der Waals surface area contributed by atoms with E-state index in [0.717, 1.165) is 28.8 Å². The number of rotatable bonds is 4. The zero-order valence-electron chi connectivity index (χ0n) is 14.0. The molecule has 6 nitrogen and oxygen atoms in total. The molecule has 128 valence electrons. The summed E-state index contributed by atoms with van der Waals surface area (Å²) < 4.78 is 16.0. The van der Waals surface area contributed by atoms with Crippen molar-refractivity contribution in [2.24, 2.45) is 5.92 Å². The SMILES string of the molecule is CC(C)Cc1ncc2c(-c3cc(F)c4ncc(CO)n4c3)c[nH]c2n1. The maximum absolute atomic E-state index is 14.4. The van der Waals surface area contributed by atoms with E-state index >= 15 is 0 Å². The van der Waals surface area contributed by atoms with Crippen molar-refractivity contribution in [1.82, 2.24) is 24.3 Å². The van der Waals surface area contributed by atoms with Crippen LogP contribution in [0.25, 0.3) is 27.8 Å². The molecule has 0 bridgehead atoms. The summed E-state index contributed by atoms with van der Waals surface area (Å²) in [5.41, 5.74) is 2.94. The van der Waals surface area contributed by atoms with E-state index in [1.165, 1.54) is 12.3 Å². The van der Waals surface area contributed by atoms with Gasteiger partial charge in [-0.05, 0) is 12.0 Å². The standard InChI is InChI=1S/C18H18FN5O/c1-10(2)3-16-20-7-14-13(6-21-17(14)23-16)11-4-15(19)18-22-5-12(9-25)24(18)8-11/h4-8,10,25H,3,9H2,1-2H3,(H,20,21,23). The molecular weight excluding hydrogens is 321 g/mol. The number of aromatic nitrogens is 5. The number of nitrogens with one attached hydrogen (secondary N) is 1. The molecule has 0 unspecified atom stereocenters. The Morgan fingerprint density at radius 1 is 1.28 bits per heavy atom. The van der Waals surface area contributed by atoms with Gasteiger partial charge in [-0.15, -0.1) is 0 Å². The van der Waals surface area contributed by atoms with Crippen molar-refractivity contribution in [3.63, 3.8) is 0 Å². The number of halogens is 1. The summed E-state index contributed by atoms with van der Waals surface area (Å²) >= 11 is 0. The Morgan fingerprint density at radius 2 is 2.12 bits per heavy atom. The normalized spacial score (nSPS) is 11.9. The molecule has 0 atom stereocenters. The highest BCUT2D eigenvalue weighted by Crippen LogP contribution is 2.29. The molecule has 0 saturated heterocycles. The Labute approximate surface area is 143 Å². The van der Waals surface area contributed by atoms with Crippen molar-refractivity contribution in [3.8, 4) is 11.1 Å². The molecule has 0 spiro atoms. The van der Waals surface area contributed by atoms with Gasteiger partial charge in [0.25, 0.3) is 0 Å². The van der Waals surface area contributed by atoms with Crippen LogP contribution in [0, 0.1) is 11.7 Å². The average molecular weight is 339 g/mol. The number of hydrogen-bond acceptors (Lipinski definition) is 4. The number of imidazole rings is 1. The molecule has 0 saturated carbocycles. The quantitative estimate of drug-likeness (QED) is 0.599. The summed E-state index contributed by atoms with van der Waals surface area (Å²) in [5, 5.41) is 10.2. The van der Waals surface area contributed by atoms with Crippen LogP contribution in [0.3, 0.4) is 0 Å². The second-order valence-corrected chi connectivity index (χ2v) is 6.53. The summed E-state index contributed by atoms with van der Waals surface area (Å²) in [4.78, 5) is 16.1. The van der Waals surface area contributed by atoms with Gasteiger partial charge >= 0.3 is 0 Å². The zero-order chi connectivity index (χ0) is 17.6. The Hall–Kier alpha value is -2.80. The monoisotopic (exact) mass is 339 g/mol. The molecule has 0 radical (unpaired) electrons. The molecule has 0 fully saturated rings. The van der Waals surface area contributed by atoms with Crippen LogP contribution in [0.4, 0.5) is 4.39 Å². The molecule has 7 heteroatoms. The van der Waals surface area contributed by atoms with Crippen LogP contribution in [-0.4, -0.2) is 29.4 Å². The first kappa shape index (κ1) is 15.7. The molecule has 4 aromatic heterocycles. The van der Waals surface area contributed by atoms with E-state index in [9.17, 15) is 9.50 Å². The van der Waals surface area contributed by atoms with Crippen LogP contribution in [0.1, 0.15) is 25.4 Å². The van der Waals surface area contributed by atoms with E-state index in [1.54, 1.807) is 23.0 Å². The topological polar surface area (TPSA) is 79.1 Å². The third kappa shape index (κ3) is 2.66. The number of aromatic amines is 1. The first-order valence-electron chi connectivity index (χ1n) is 8.16. The molecule has 0 amide bonds. The minimum Gasteiger partial charge on any atom is -0.390 e. The third-order valence-electron chi connectivity index (χ3n) is 4.18. The fraction of sp³-hybridized carbons (Fsp3) is 0.278. The highest BCUT2D eigenvalue weighted by molar-refractivity contribution is 5.93. The average Bonchev–Trinajstić information content (AvgIpc) is 3.17. The molecule has 0 aliphatic heterocycles. The van der Waals surface area contributed by atoms with Crippen molar-refractivity contribution in [3.05, 3.63) is 48.2 Å². The van der Waals surface area contributed by atoms with Crippen LogP contribution in [0.2, 0.25) is 0 Å². The van der Waals surface area contributed by atoms with Crippen molar-refractivity contribution in [2.75, 3.05) is 0 Å². The second kappa shape index (κ2) is 5.93. The van der Waals surface area contributed by atoms with Gasteiger partial charge in [0, 0.05) is 41.5 Å². The molecule has 25 heavy (non-hydrogen) atoms. The van der Waals surface area contributed by atoms with Gasteiger partial charge in [0.15, 0.2) is 11.5 Å². The number of hydrogen-bond donors (Lipinski definition) is 2. The Kier molecular flexibility index (Phi) is 3.73. The number of fused-ring (bicyclic) bond motifs is 2. The highest BCUT2D eigenvalue weighted by Gasteiger charge is 2.14. The fourth-order valence-corrected chi connectivity index (χ4v) is 3.00. The summed E-state index contributed by atoms with van der Waals surface area (Å²) in [6.45, 7) is 4.03. The molecule has 4 heterocycles. The first-order chi connectivity index (χ1) is 12.1. The third-order valence-corrected chi connectivity index (χ3v) is 4.18. The van der Waals surface area contributed by atoms with Gasteiger partial charge in [-0.1, -0.05) is 13.8 Å². The minimum absolute atomic E-state index is 0.197. The van der Waals surface area contributed by atoms with Gasteiger partial charge in [-0.25, -0.2) is 19.3 Å². The van der Waals surface area contributed by atoms with Crippen LogP contribution >= 0.6 is 0 Å². The van der Waals surface area contributed by atoms with Gasteiger partial charge in [-0.2, -0.15) is 0 Å². The lowest BCUT2D eigenvalue weighted by molar-refractivity contribution is 0.276. The maximum Gasteiger partial charge on any atom is 0.173 e. The summed E-state index contributed by atoms with van der Waals surface area (Å²) in [6.07, 6.45) is 7.61. The van der Waals surface area contributed by atoms with Crippen LogP contribution in [-0.2, 0) is 13.0 Å². The molecule has 0 aromatic carbocycles. The van der Waals surface area contributed by atoms with Crippen LogP contribution in [0.5, 0.6) is 0 Å². The number of nitrogens with zero attached hydrogens (tertiary/aromatic N) is 4. The van der Waals surface area contributed by atoms with E-state index < -0.39 is 5.82 Å². The van der Waals surface area contributed by atoms with E-state index in [4.69, 9.17) is 0 Å². The lowest BCUT2D eigenvalue weighted by atomic mass is 10.1. The van der Waals surface area contributed by atoms with Crippen molar-refractivity contribution >= 4 is 16.7 Å². The molecule has 0 aliphatic rings. The maximum atomic E-state index is 14.4. The number of aliphatic hydroxyl groups is 1. The smallest absolute Gasteiger partial charge is 0.173 e. The van der Waals surface area contributed by atoms with E-state index in [0.29, 0.717) is 17.2 Å². The van der Waals surface area contributed by atoms with Gasteiger partial charge in [0.1, 0.15) is 11.5 Å². The Bertz CT molecular complexity index is 1070. The largest absolute Gasteiger partial charge is 0.390 e. The summed E-state index contributed by atoms with van der Waals surface area (Å²) in [5.74, 6) is 0.820.